The van der Waals surface area contributed by atoms with E-state index in [0.29, 0.717) is 18.9 Å². The van der Waals surface area contributed by atoms with Crippen molar-refractivity contribution in [3.8, 4) is 0 Å². The maximum Gasteiger partial charge on any atom is 0.0691 e. The fourth-order valence-corrected chi connectivity index (χ4v) is 1.84. The monoisotopic (exact) mass is 187 g/mol. The fourth-order valence-electron chi connectivity index (χ4n) is 1.84. The number of likely N-dealkylation sites (N-methyl/N-ethyl adjacent to an activating group) is 1. The Hall–Kier alpha value is -0.120. The zero-order chi connectivity index (χ0) is 9.90. The van der Waals surface area contributed by atoms with Crippen molar-refractivity contribution >= 4 is 0 Å². The lowest BCUT2D eigenvalue weighted by molar-refractivity contribution is -0.00556. The molecule has 3 N–H and O–H groups in total. The maximum atomic E-state index is 9.93. The summed E-state index contributed by atoms with van der Waals surface area (Å²) in [6, 6.07) is 0. The SMILES string of the molecule is CNC[C@@H](O)C[C@@](C)(O)CC1CC1. The molecule has 2 atom stereocenters. The van der Waals surface area contributed by atoms with E-state index in [1.54, 1.807) is 7.05 Å². The Kier molecular flexibility index (Phi) is 3.71. The molecule has 0 aromatic rings. The number of nitrogens with one attached hydrogen (secondary N) is 1. The van der Waals surface area contributed by atoms with Crippen LogP contribution in [0.25, 0.3) is 0 Å². The second kappa shape index (κ2) is 4.40. The Balaban J connectivity index is 2.22. The molecule has 1 saturated carbocycles. The molecule has 0 aromatic carbocycles. The lowest BCUT2D eigenvalue weighted by Crippen LogP contribution is -2.35. The highest BCUT2D eigenvalue weighted by atomic mass is 16.3. The van der Waals surface area contributed by atoms with E-state index in [9.17, 15) is 10.2 Å². The first-order valence-electron chi connectivity index (χ1n) is 5.08. The van der Waals surface area contributed by atoms with Gasteiger partial charge in [-0.2, -0.15) is 0 Å². The summed E-state index contributed by atoms with van der Waals surface area (Å²) >= 11 is 0. The summed E-state index contributed by atoms with van der Waals surface area (Å²) in [6.45, 7) is 2.38. The van der Waals surface area contributed by atoms with Crippen LogP contribution in [-0.4, -0.2) is 35.5 Å². The van der Waals surface area contributed by atoms with Crippen molar-refractivity contribution in [1.82, 2.24) is 5.32 Å². The highest BCUT2D eigenvalue weighted by Gasteiger charge is 2.32. The lowest BCUT2D eigenvalue weighted by Gasteiger charge is -2.25. The summed E-state index contributed by atoms with van der Waals surface area (Å²) in [4.78, 5) is 0. The van der Waals surface area contributed by atoms with Gasteiger partial charge in [0.2, 0.25) is 0 Å². The van der Waals surface area contributed by atoms with E-state index < -0.39 is 11.7 Å². The van der Waals surface area contributed by atoms with E-state index in [1.807, 2.05) is 6.92 Å². The van der Waals surface area contributed by atoms with Gasteiger partial charge in [-0.15, -0.1) is 0 Å². The summed E-state index contributed by atoms with van der Waals surface area (Å²) in [7, 11) is 1.80. The van der Waals surface area contributed by atoms with Crippen molar-refractivity contribution in [1.29, 1.82) is 0 Å². The maximum absolute atomic E-state index is 9.93. The van der Waals surface area contributed by atoms with Crippen LogP contribution in [0.3, 0.4) is 0 Å². The van der Waals surface area contributed by atoms with E-state index in [1.165, 1.54) is 12.8 Å². The van der Waals surface area contributed by atoms with Gasteiger partial charge >= 0.3 is 0 Å². The van der Waals surface area contributed by atoms with Crippen LogP contribution in [0.2, 0.25) is 0 Å². The largest absolute Gasteiger partial charge is 0.392 e. The summed E-state index contributed by atoms with van der Waals surface area (Å²) in [5, 5.41) is 22.3. The summed E-state index contributed by atoms with van der Waals surface area (Å²) < 4.78 is 0. The number of aliphatic hydroxyl groups excluding tert-OH is 1. The molecule has 1 rings (SSSR count). The second-order valence-corrected chi connectivity index (χ2v) is 4.56. The molecule has 0 heterocycles. The normalized spacial score (nSPS) is 24.0. The van der Waals surface area contributed by atoms with Gasteiger partial charge in [-0.05, 0) is 26.3 Å². The summed E-state index contributed by atoms with van der Waals surface area (Å²) in [6.07, 6.45) is 3.38. The molecule has 0 radical (unpaired) electrons. The van der Waals surface area contributed by atoms with Gasteiger partial charge in [0.15, 0.2) is 0 Å². The molecule has 0 bridgehead atoms. The lowest BCUT2D eigenvalue weighted by atomic mass is 9.92. The van der Waals surface area contributed by atoms with E-state index in [0.717, 1.165) is 6.42 Å². The van der Waals surface area contributed by atoms with Crippen LogP contribution in [0, 0.1) is 5.92 Å². The second-order valence-electron chi connectivity index (χ2n) is 4.56. The van der Waals surface area contributed by atoms with E-state index in [4.69, 9.17) is 0 Å². The number of hydrogen-bond donors (Lipinski definition) is 3. The molecule has 0 spiro atoms. The standard InChI is InChI=1S/C10H21NO2/c1-10(13,5-8-3-4-8)6-9(12)7-11-2/h8-9,11-13H,3-7H2,1-2H3/t9-,10-/m0/s1. The molecule has 1 aliphatic carbocycles. The molecule has 13 heavy (non-hydrogen) atoms. The number of aliphatic hydroxyl groups is 2. The van der Waals surface area contributed by atoms with Gasteiger partial charge in [-0.1, -0.05) is 12.8 Å². The Morgan fingerprint density at radius 1 is 1.54 bits per heavy atom. The molecule has 78 valence electrons. The Morgan fingerprint density at radius 3 is 2.62 bits per heavy atom. The van der Waals surface area contributed by atoms with Gasteiger partial charge in [0.05, 0.1) is 11.7 Å². The summed E-state index contributed by atoms with van der Waals surface area (Å²) in [5.74, 6) is 0.705. The highest BCUT2D eigenvalue weighted by Crippen LogP contribution is 2.37. The van der Waals surface area contributed by atoms with Crippen molar-refractivity contribution in [2.75, 3.05) is 13.6 Å². The highest BCUT2D eigenvalue weighted by molar-refractivity contribution is 4.85. The molecule has 0 aliphatic heterocycles. The smallest absolute Gasteiger partial charge is 0.0691 e. The first-order chi connectivity index (χ1) is 6.03. The summed E-state index contributed by atoms with van der Waals surface area (Å²) in [5.41, 5.74) is -0.683. The van der Waals surface area contributed by atoms with Crippen LogP contribution in [0.5, 0.6) is 0 Å². The van der Waals surface area contributed by atoms with Crippen LogP contribution >= 0.6 is 0 Å². The van der Waals surface area contributed by atoms with Gasteiger partial charge in [0.1, 0.15) is 0 Å². The van der Waals surface area contributed by atoms with Crippen LogP contribution in [0.15, 0.2) is 0 Å². The van der Waals surface area contributed by atoms with E-state index >= 15 is 0 Å². The number of hydrogen-bond acceptors (Lipinski definition) is 3. The van der Waals surface area contributed by atoms with Gasteiger partial charge < -0.3 is 15.5 Å². The Bertz CT molecular complexity index is 155. The third-order valence-electron chi connectivity index (χ3n) is 2.54. The Labute approximate surface area is 80.2 Å². The van der Waals surface area contributed by atoms with Crippen molar-refractivity contribution in [2.45, 2.75) is 44.3 Å². The molecule has 1 aliphatic rings. The van der Waals surface area contributed by atoms with Crippen LogP contribution in [0.4, 0.5) is 0 Å². The molecule has 0 aromatic heterocycles. The van der Waals surface area contributed by atoms with Crippen molar-refractivity contribution < 1.29 is 10.2 Å². The third kappa shape index (κ3) is 4.60. The zero-order valence-electron chi connectivity index (χ0n) is 8.58. The topological polar surface area (TPSA) is 52.5 Å². The van der Waals surface area contributed by atoms with Crippen LogP contribution in [-0.2, 0) is 0 Å². The van der Waals surface area contributed by atoms with E-state index in [2.05, 4.69) is 5.32 Å². The van der Waals surface area contributed by atoms with E-state index in [-0.39, 0.29) is 0 Å². The van der Waals surface area contributed by atoms with Crippen molar-refractivity contribution in [3.63, 3.8) is 0 Å². The quantitative estimate of drug-likeness (QED) is 0.568. The van der Waals surface area contributed by atoms with Crippen molar-refractivity contribution in [2.24, 2.45) is 5.92 Å². The minimum Gasteiger partial charge on any atom is -0.392 e. The predicted octanol–water partition coefficient (Wildman–Crippen LogP) is 0.508. The van der Waals surface area contributed by atoms with Crippen LogP contribution < -0.4 is 5.32 Å². The third-order valence-corrected chi connectivity index (χ3v) is 2.54. The molecule has 1 fully saturated rings. The molecule has 0 unspecified atom stereocenters. The van der Waals surface area contributed by atoms with Gasteiger partial charge in [0, 0.05) is 13.0 Å². The number of rotatable bonds is 6. The van der Waals surface area contributed by atoms with Gasteiger partial charge in [-0.3, -0.25) is 0 Å². The zero-order valence-corrected chi connectivity index (χ0v) is 8.58. The minimum atomic E-state index is -0.683. The average molecular weight is 187 g/mol. The molecule has 0 saturated heterocycles. The fraction of sp³-hybridized carbons (Fsp3) is 1.00. The molecule has 0 amide bonds. The first-order valence-corrected chi connectivity index (χ1v) is 5.08. The average Bonchev–Trinajstić information content (AvgIpc) is 2.69. The molecular formula is C10H21NO2. The Morgan fingerprint density at radius 2 is 2.15 bits per heavy atom. The van der Waals surface area contributed by atoms with Crippen LogP contribution in [0.1, 0.15) is 32.6 Å². The minimum absolute atomic E-state index is 0.432. The molecule has 3 nitrogen and oxygen atoms in total. The van der Waals surface area contributed by atoms with Gasteiger partial charge in [0.25, 0.3) is 0 Å². The van der Waals surface area contributed by atoms with Crippen molar-refractivity contribution in [3.05, 3.63) is 0 Å². The predicted molar refractivity (Wildman–Crippen MR) is 52.5 cm³/mol. The first kappa shape index (κ1) is 11.0. The molecular weight excluding hydrogens is 166 g/mol. The molecule has 3 heteroatoms. The van der Waals surface area contributed by atoms with Gasteiger partial charge in [-0.25, -0.2) is 0 Å².